The normalized spacial score (nSPS) is 14.4. The molecule has 0 saturated carbocycles. The van der Waals surface area contributed by atoms with E-state index in [2.05, 4.69) is 31.7 Å². The first kappa shape index (κ1) is 23.2. The van der Waals surface area contributed by atoms with Gasteiger partial charge in [0.1, 0.15) is 11.6 Å². The number of rotatable bonds is 7. The van der Waals surface area contributed by atoms with Crippen molar-refractivity contribution in [3.63, 3.8) is 0 Å². The molecule has 3 aromatic rings. The Balaban J connectivity index is 1.53. The van der Waals surface area contributed by atoms with Crippen LogP contribution in [0.4, 0.5) is 14.5 Å². The van der Waals surface area contributed by atoms with Gasteiger partial charge in [-0.2, -0.15) is 0 Å². The lowest BCUT2D eigenvalue weighted by atomic mass is 10.00. The van der Waals surface area contributed by atoms with E-state index in [1.807, 2.05) is 19.3 Å². The number of piperazine rings is 1. The molecule has 4 rings (SSSR count). The molecule has 1 aliphatic rings. The van der Waals surface area contributed by atoms with Gasteiger partial charge in [-0.25, -0.2) is 13.8 Å². The molecule has 0 unspecified atom stereocenters. The Morgan fingerprint density at radius 3 is 2.70 bits per heavy atom. The van der Waals surface area contributed by atoms with Gasteiger partial charge >= 0.3 is 0 Å². The third kappa shape index (κ3) is 5.19. The Bertz CT molecular complexity index is 1210. The molecule has 1 aliphatic heterocycles. The SMILES string of the molecule is C=C(C(=N)c1cc(Cl)c(F)cc1F)c1ccc2ncc(N(C)CCN3CCNCC3)cc2n1. The van der Waals surface area contributed by atoms with Crippen molar-refractivity contribution in [1.82, 2.24) is 20.2 Å². The number of benzene rings is 1. The van der Waals surface area contributed by atoms with Crippen LogP contribution in [0.3, 0.4) is 0 Å². The van der Waals surface area contributed by atoms with E-state index >= 15 is 0 Å². The minimum absolute atomic E-state index is 0.132. The molecule has 0 radical (unpaired) electrons. The Morgan fingerprint density at radius 2 is 1.94 bits per heavy atom. The highest BCUT2D eigenvalue weighted by molar-refractivity contribution is 6.33. The molecule has 1 fully saturated rings. The molecule has 2 N–H and O–H groups in total. The van der Waals surface area contributed by atoms with Gasteiger partial charge in [-0.15, -0.1) is 0 Å². The van der Waals surface area contributed by atoms with E-state index in [9.17, 15) is 8.78 Å². The first-order valence-electron chi connectivity index (χ1n) is 10.7. The van der Waals surface area contributed by atoms with Gasteiger partial charge in [0, 0.05) is 63.5 Å². The lowest BCUT2D eigenvalue weighted by Crippen LogP contribution is -2.46. The van der Waals surface area contributed by atoms with E-state index in [-0.39, 0.29) is 21.9 Å². The maximum atomic E-state index is 14.2. The topological polar surface area (TPSA) is 68.1 Å². The lowest BCUT2D eigenvalue weighted by molar-refractivity contribution is 0.246. The maximum Gasteiger partial charge on any atom is 0.144 e. The van der Waals surface area contributed by atoms with Gasteiger partial charge in [-0.3, -0.25) is 15.3 Å². The number of hydrogen-bond donors (Lipinski definition) is 2. The van der Waals surface area contributed by atoms with Crippen LogP contribution >= 0.6 is 11.6 Å². The number of aromatic nitrogens is 2. The van der Waals surface area contributed by atoms with Crippen molar-refractivity contribution in [3.05, 3.63) is 71.0 Å². The van der Waals surface area contributed by atoms with Crippen molar-refractivity contribution in [2.24, 2.45) is 0 Å². The van der Waals surface area contributed by atoms with Gasteiger partial charge in [0.15, 0.2) is 0 Å². The highest BCUT2D eigenvalue weighted by atomic mass is 35.5. The molecule has 9 heteroatoms. The summed E-state index contributed by atoms with van der Waals surface area (Å²) in [4.78, 5) is 13.7. The highest BCUT2D eigenvalue weighted by Gasteiger charge is 2.17. The number of nitrogens with one attached hydrogen (secondary N) is 2. The van der Waals surface area contributed by atoms with Crippen LogP contribution in [0.5, 0.6) is 0 Å². The van der Waals surface area contributed by atoms with Crippen molar-refractivity contribution in [1.29, 1.82) is 5.41 Å². The molecule has 1 saturated heterocycles. The summed E-state index contributed by atoms with van der Waals surface area (Å²) in [5.41, 5.74) is 2.55. The molecule has 0 aliphatic carbocycles. The lowest BCUT2D eigenvalue weighted by Gasteiger charge is -2.29. The summed E-state index contributed by atoms with van der Waals surface area (Å²) in [6, 6.07) is 7.17. The number of allylic oxidation sites excluding steroid dienone is 1. The fourth-order valence-corrected chi connectivity index (χ4v) is 3.90. The van der Waals surface area contributed by atoms with E-state index in [0.717, 1.165) is 51.0 Å². The second kappa shape index (κ2) is 9.91. The quantitative estimate of drug-likeness (QED) is 0.404. The molecule has 172 valence electrons. The van der Waals surface area contributed by atoms with Gasteiger partial charge < -0.3 is 10.2 Å². The average molecular weight is 471 g/mol. The first-order valence-corrected chi connectivity index (χ1v) is 11.1. The number of pyridine rings is 2. The fraction of sp³-hybridized carbons (Fsp3) is 0.292. The molecule has 2 aromatic heterocycles. The van der Waals surface area contributed by atoms with Gasteiger partial charge in [0.2, 0.25) is 0 Å². The monoisotopic (exact) mass is 470 g/mol. The summed E-state index contributed by atoms with van der Waals surface area (Å²) >= 11 is 5.78. The highest BCUT2D eigenvalue weighted by Crippen LogP contribution is 2.25. The Hall–Kier alpha value is -2.94. The minimum Gasteiger partial charge on any atom is -0.372 e. The number of hydrogen-bond acceptors (Lipinski definition) is 6. The van der Waals surface area contributed by atoms with Crippen molar-refractivity contribution in [2.75, 3.05) is 51.2 Å². The van der Waals surface area contributed by atoms with Crippen molar-refractivity contribution in [2.45, 2.75) is 0 Å². The van der Waals surface area contributed by atoms with Crippen LogP contribution in [-0.4, -0.2) is 66.9 Å². The van der Waals surface area contributed by atoms with Gasteiger partial charge in [-0.05, 0) is 24.3 Å². The standard InChI is InChI=1S/C24H25ClF2N6/c1-15(24(28)17-12-18(25)20(27)13-19(17)26)21-3-4-22-23(31-21)11-16(14-30-22)32(2)9-10-33-7-5-29-6-8-33/h3-4,11-14,28-29H,1,5-10H2,2H3. The predicted octanol–water partition coefficient (Wildman–Crippen LogP) is 3.98. The molecule has 0 amide bonds. The molecule has 3 heterocycles. The van der Waals surface area contributed by atoms with Crippen LogP contribution in [0.25, 0.3) is 16.6 Å². The Kier molecular flexibility index (Phi) is 6.97. The minimum atomic E-state index is -0.876. The van der Waals surface area contributed by atoms with Crippen LogP contribution < -0.4 is 10.2 Å². The molecule has 0 bridgehead atoms. The van der Waals surface area contributed by atoms with Gasteiger partial charge in [0.25, 0.3) is 0 Å². The first-order chi connectivity index (χ1) is 15.8. The van der Waals surface area contributed by atoms with Crippen LogP contribution in [0.1, 0.15) is 11.3 Å². The Labute approximate surface area is 196 Å². The second-order valence-electron chi connectivity index (χ2n) is 8.04. The zero-order valence-corrected chi connectivity index (χ0v) is 19.1. The van der Waals surface area contributed by atoms with E-state index in [0.29, 0.717) is 22.8 Å². The molecule has 33 heavy (non-hydrogen) atoms. The number of nitrogens with zero attached hydrogens (tertiary/aromatic N) is 4. The zero-order valence-electron chi connectivity index (χ0n) is 18.3. The van der Waals surface area contributed by atoms with Crippen molar-refractivity contribution >= 4 is 39.6 Å². The molecular formula is C24H25ClF2N6. The van der Waals surface area contributed by atoms with E-state index in [1.54, 1.807) is 12.1 Å². The molecule has 0 atom stereocenters. The number of likely N-dealkylation sites (N-methyl/N-ethyl adjacent to an activating group) is 1. The molecule has 1 aromatic carbocycles. The van der Waals surface area contributed by atoms with Crippen molar-refractivity contribution < 1.29 is 8.78 Å². The van der Waals surface area contributed by atoms with Gasteiger partial charge in [-0.1, -0.05) is 18.2 Å². The summed E-state index contributed by atoms with van der Waals surface area (Å²) in [6.07, 6.45) is 1.81. The largest absolute Gasteiger partial charge is 0.372 e. The second-order valence-corrected chi connectivity index (χ2v) is 8.45. The predicted molar refractivity (Wildman–Crippen MR) is 129 cm³/mol. The van der Waals surface area contributed by atoms with E-state index in [4.69, 9.17) is 17.0 Å². The average Bonchev–Trinajstić information content (AvgIpc) is 2.83. The molecule has 6 nitrogen and oxygen atoms in total. The van der Waals surface area contributed by atoms with Crippen molar-refractivity contribution in [3.8, 4) is 0 Å². The molecular weight excluding hydrogens is 446 g/mol. The molecule has 0 spiro atoms. The summed E-state index contributed by atoms with van der Waals surface area (Å²) in [7, 11) is 2.02. The third-order valence-corrected chi connectivity index (χ3v) is 6.10. The summed E-state index contributed by atoms with van der Waals surface area (Å²) < 4.78 is 27.7. The number of fused-ring (bicyclic) bond motifs is 1. The van der Waals surface area contributed by atoms with Crippen LogP contribution in [-0.2, 0) is 0 Å². The summed E-state index contributed by atoms with van der Waals surface area (Å²) in [5.74, 6) is -1.75. The number of anilines is 1. The number of halogens is 3. The maximum absolute atomic E-state index is 14.2. The van der Waals surface area contributed by atoms with E-state index < -0.39 is 11.6 Å². The fourth-order valence-electron chi connectivity index (χ4n) is 3.73. The Morgan fingerprint density at radius 1 is 1.18 bits per heavy atom. The van der Waals surface area contributed by atoms with E-state index in [1.165, 1.54) is 0 Å². The zero-order chi connectivity index (χ0) is 23.5. The van der Waals surface area contributed by atoms with Gasteiger partial charge in [0.05, 0.1) is 39.3 Å². The van der Waals surface area contributed by atoms with Crippen LogP contribution in [0.2, 0.25) is 5.02 Å². The summed E-state index contributed by atoms with van der Waals surface area (Å²) in [6.45, 7) is 9.84. The van der Waals surface area contributed by atoms with Crippen LogP contribution in [0.15, 0.2) is 43.1 Å². The smallest absolute Gasteiger partial charge is 0.144 e. The van der Waals surface area contributed by atoms with Crippen LogP contribution in [0, 0.1) is 17.0 Å². The summed E-state index contributed by atoms with van der Waals surface area (Å²) in [5, 5.41) is 11.5. The third-order valence-electron chi connectivity index (χ3n) is 5.82.